The first-order valence-electron chi connectivity index (χ1n) is 13.9. The van der Waals surface area contributed by atoms with Crippen LogP contribution in [0.4, 0.5) is 16.3 Å². The maximum absolute atomic E-state index is 13.4. The van der Waals surface area contributed by atoms with E-state index in [2.05, 4.69) is 25.2 Å². The van der Waals surface area contributed by atoms with Crippen LogP contribution in [0.3, 0.4) is 0 Å². The van der Waals surface area contributed by atoms with E-state index < -0.39 is 6.09 Å². The number of carbonyl (C=O) groups excluding carboxylic acids is 2. The molecule has 214 valence electrons. The number of Topliss-reactive ketones (excluding diaryl/α,β-unsaturated/α-hetero) is 1. The number of ether oxygens (including phenoxy) is 2. The van der Waals surface area contributed by atoms with E-state index in [0.717, 1.165) is 54.2 Å². The van der Waals surface area contributed by atoms with E-state index in [1.165, 1.54) is 0 Å². The van der Waals surface area contributed by atoms with E-state index in [4.69, 9.17) is 15.2 Å². The number of nitrogens with two attached hydrogens (primary N) is 1. The van der Waals surface area contributed by atoms with Gasteiger partial charge >= 0.3 is 6.09 Å². The van der Waals surface area contributed by atoms with Gasteiger partial charge in [-0.15, -0.1) is 0 Å². The summed E-state index contributed by atoms with van der Waals surface area (Å²) >= 11 is 0. The van der Waals surface area contributed by atoms with Gasteiger partial charge in [-0.25, -0.2) is 14.8 Å². The molecule has 2 aromatic carbocycles. The fraction of sp³-hybridized carbons (Fsp3) is 0.281. The standard InChI is InChI=1S/C32H32N6O4/c33-30-29(28(39)14-25-15-34-12-11-27(25)38-18-32(19-38)20-41-21-32)37-26(16-36-30)24-8-6-22(7-9-24)10-13-35-31(40)42-17-23-4-2-1-3-5-23/h1-9,11-12,15-16H,10,13-14,17-21H2,(H2,33,36)(H,35,40). The average Bonchev–Trinajstić information content (AvgIpc) is 2.97. The molecule has 1 spiro atoms. The fourth-order valence-corrected chi connectivity index (χ4v) is 5.30. The summed E-state index contributed by atoms with van der Waals surface area (Å²) in [6, 6.07) is 19.2. The molecule has 3 N–H and O–H groups in total. The average molecular weight is 565 g/mol. The summed E-state index contributed by atoms with van der Waals surface area (Å²) in [6.07, 6.45) is 5.37. The highest BCUT2D eigenvalue weighted by atomic mass is 16.5. The van der Waals surface area contributed by atoms with Crippen LogP contribution in [0.2, 0.25) is 0 Å². The first-order chi connectivity index (χ1) is 20.5. The molecule has 0 radical (unpaired) electrons. The highest BCUT2D eigenvalue weighted by Gasteiger charge is 2.49. The third-order valence-corrected chi connectivity index (χ3v) is 7.65. The van der Waals surface area contributed by atoms with Crippen molar-refractivity contribution in [2.75, 3.05) is 43.5 Å². The number of pyridine rings is 1. The molecule has 2 aliphatic heterocycles. The minimum atomic E-state index is -0.454. The molecule has 10 heteroatoms. The van der Waals surface area contributed by atoms with Crippen molar-refractivity contribution in [2.45, 2.75) is 19.4 Å². The molecule has 4 aromatic rings. The molecule has 0 saturated carbocycles. The smallest absolute Gasteiger partial charge is 0.407 e. The lowest BCUT2D eigenvalue weighted by molar-refractivity contribution is -0.127. The normalized spacial score (nSPS) is 15.0. The van der Waals surface area contributed by atoms with Crippen LogP contribution in [0, 0.1) is 5.41 Å². The minimum Gasteiger partial charge on any atom is -0.445 e. The maximum atomic E-state index is 13.4. The van der Waals surface area contributed by atoms with Crippen molar-refractivity contribution in [1.29, 1.82) is 0 Å². The Morgan fingerprint density at radius 3 is 2.52 bits per heavy atom. The van der Waals surface area contributed by atoms with Gasteiger partial charge in [0.2, 0.25) is 0 Å². The van der Waals surface area contributed by atoms with Gasteiger partial charge in [-0.05, 0) is 23.6 Å². The van der Waals surface area contributed by atoms with Crippen LogP contribution in [0.1, 0.15) is 27.2 Å². The largest absolute Gasteiger partial charge is 0.445 e. The number of hydrogen-bond donors (Lipinski definition) is 2. The summed E-state index contributed by atoms with van der Waals surface area (Å²) in [7, 11) is 0. The topological polar surface area (TPSA) is 133 Å². The van der Waals surface area contributed by atoms with Gasteiger partial charge in [-0.3, -0.25) is 9.78 Å². The van der Waals surface area contributed by atoms with Gasteiger partial charge in [-0.1, -0.05) is 54.6 Å². The van der Waals surface area contributed by atoms with Gasteiger partial charge in [0.05, 0.1) is 30.5 Å². The van der Waals surface area contributed by atoms with Crippen molar-refractivity contribution in [3.05, 3.63) is 102 Å². The molecule has 42 heavy (non-hydrogen) atoms. The number of nitrogen functional groups attached to an aromatic ring is 1. The highest BCUT2D eigenvalue weighted by molar-refractivity contribution is 6.00. The van der Waals surface area contributed by atoms with Gasteiger partial charge in [0, 0.05) is 55.3 Å². The first-order valence-corrected chi connectivity index (χ1v) is 13.9. The molecular weight excluding hydrogens is 532 g/mol. The summed E-state index contributed by atoms with van der Waals surface area (Å²) in [5, 5.41) is 2.77. The number of alkyl carbamates (subject to hydrolysis) is 1. The molecule has 0 bridgehead atoms. The zero-order chi connectivity index (χ0) is 28.9. The molecule has 2 aromatic heterocycles. The molecule has 10 nitrogen and oxygen atoms in total. The predicted molar refractivity (Wildman–Crippen MR) is 158 cm³/mol. The van der Waals surface area contributed by atoms with Gasteiger partial charge < -0.3 is 25.4 Å². The van der Waals surface area contributed by atoms with Crippen molar-refractivity contribution in [1.82, 2.24) is 20.3 Å². The molecule has 0 aliphatic carbocycles. The Balaban J connectivity index is 1.05. The maximum Gasteiger partial charge on any atom is 0.407 e. The third-order valence-electron chi connectivity index (χ3n) is 7.65. The Morgan fingerprint density at radius 1 is 1.00 bits per heavy atom. The molecule has 0 atom stereocenters. The first kappa shape index (κ1) is 27.3. The Hall–Kier alpha value is -4.83. The summed E-state index contributed by atoms with van der Waals surface area (Å²) in [5.41, 5.74) is 11.7. The zero-order valence-electron chi connectivity index (χ0n) is 23.2. The Bertz CT molecular complexity index is 1570. The van der Waals surface area contributed by atoms with Gasteiger partial charge in [-0.2, -0.15) is 0 Å². The lowest BCUT2D eigenvalue weighted by Gasteiger charge is -2.56. The summed E-state index contributed by atoms with van der Waals surface area (Å²) < 4.78 is 10.6. The fourth-order valence-electron chi connectivity index (χ4n) is 5.30. The number of nitrogens with zero attached hydrogens (tertiary/aromatic N) is 4. The molecule has 2 fully saturated rings. The zero-order valence-corrected chi connectivity index (χ0v) is 23.2. The number of hydrogen-bond acceptors (Lipinski definition) is 9. The van der Waals surface area contributed by atoms with E-state index in [-0.39, 0.29) is 35.7 Å². The van der Waals surface area contributed by atoms with Crippen LogP contribution in [-0.2, 0) is 28.9 Å². The second-order valence-electron chi connectivity index (χ2n) is 10.9. The van der Waals surface area contributed by atoms with Crippen molar-refractivity contribution < 1.29 is 19.1 Å². The quantitative estimate of drug-likeness (QED) is 0.276. The highest BCUT2D eigenvalue weighted by Crippen LogP contribution is 2.41. The Morgan fingerprint density at radius 2 is 1.79 bits per heavy atom. The number of rotatable bonds is 10. The van der Waals surface area contributed by atoms with E-state index in [9.17, 15) is 9.59 Å². The van der Waals surface area contributed by atoms with Crippen molar-refractivity contribution in [3.8, 4) is 11.3 Å². The number of anilines is 2. The molecule has 2 saturated heterocycles. The van der Waals surface area contributed by atoms with E-state index in [1.54, 1.807) is 18.6 Å². The molecule has 2 aliphatic rings. The summed E-state index contributed by atoms with van der Waals surface area (Å²) in [4.78, 5) is 40.7. The van der Waals surface area contributed by atoms with Gasteiger partial charge in [0.1, 0.15) is 12.3 Å². The number of amides is 1. The van der Waals surface area contributed by atoms with Crippen LogP contribution in [0.15, 0.2) is 79.3 Å². The SMILES string of the molecule is Nc1ncc(-c2ccc(CCNC(=O)OCc3ccccc3)cc2)nc1C(=O)Cc1cnccc1N1CC2(COC2)C1. The Kier molecular flexibility index (Phi) is 7.78. The second kappa shape index (κ2) is 12.0. The minimum absolute atomic E-state index is 0.102. The molecule has 1 amide bonds. The molecular formula is C32H32N6O4. The van der Waals surface area contributed by atoms with Crippen LogP contribution in [-0.4, -0.2) is 59.7 Å². The van der Waals surface area contributed by atoms with E-state index in [1.807, 2.05) is 60.7 Å². The summed E-state index contributed by atoms with van der Waals surface area (Å²) in [5.74, 6) is -0.106. The molecule has 0 unspecified atom stereocenters. The summed E-state index contributed by atoms with van der Waals surface area (Å²) in [6.45, 7) is 4.09. The van der Waals surface area contributed by atoms with E-state index >= 15 is 0 Å². The number of benzene rings is 2. The number of aromatic nitrogens is 3. The Labute approximate surface area is 243 Å². The third kappa shape index (κ3) is 6.08. The van der Waals surface area contributed by atoms with Crippen LogP contribution < -0.4 is 16.0 Å². The van der Waals surface area contributed by atoms with E-state index in [0.29, 0.717) is 18.7 Å². The lowest BCUT2D eigenvalue weighted by atomic mass is 9.77. The van der Waals surface area contributed by atoms with Crippen molar-refractivity contribution in [3.63, 3.8) is 0 Å². The van der Waals surface area contributed by atoms with Gasteiger partial charge in [0.15, 0.2) is 11.6 Å². The number of ketones is 1. The van der Waals surface area contributed by atoms with Crippen molar-refractivity contribution in [2.24, 2.45) is 5.41 Å². The predicted octanol–water partition coefficient (Wildman–Crippen LogP) is 3.85. The number of carbonyl (C=O) groups is 2. The molecule has 6 rings (SSSR count). The monoisotopic (exact) mass is 564 g/mol. The van der Waals surface area contributed by atoms with Crippen LogP contribution in [0.5, 0.6) is 0 Å². The molecule has 4 heterocycles. The van der Waals surface area contributed by atoms with Gasteiger partial charge in [0.25, 0.3) is 0 Å². The second-order valence-corrected chi connectivity index (χ2v) is 10.9. The van der Waals surface area contributed by atoms with Crippen molar-refractivity contribution >= 4 is 23.4 Å². The number of nitrogens with one attached hydrogen (secondary N) is 1. The van der Waals surface area contributed by atoms with Crippen LogP contribution >= 0.6 is 0 Å². The van der Waals surface area contributed by atoms with Crippen LogP contribution in [0.25, 0.3) is 11.3 Å². The lowest BCUT2D eigenvalue weighted by Crippen LogP contribution is -2.66.